The van der Waals surface area contributed by atoms with E-state index in [2.05, 4.69) is 5.32 Å². The number of hydrogen-bond acceptors (Lipinski definition) is 11. The van der Waals surface area contributed by atoms with Gasteiger partial charge in [0.1, 0.15) is 29.1 Å². The zero-order chi connectivity index (χ0) is 30.8. The molecule has 2 aromatic carbocycles. The van der Waals surface area contributed by atoms with Gasteiger partial charge < -0.3 is 38.8 Å². The van der Waals surface area contributed by atoms with Crippen LogP contribution in [0.4, 0.5) is 14.4 Å². The van der Waals surface area contributed by atoms with E-state index in [1.54, 1.807) is 78.8 Å². The average molecular weight is 576 g/mol. The summed E-state index contributed by atoms with van der Waals surface area (Å²) >= 11 is 0. The highest BCUT2D eigenvalue weighted by atomic mass is 16.8. The van der Waals surface area contributed by atoms with Gasteiger partial charge in [-0.25, -0.2) is 14.4 Å². The molecule has 1 unspecified atom stereocenters. The van der Waals surface area contributed by atoms with Gasteiger partial charge in [0.05, 0.1) is 0 Å². The monoisotopic (exact) mass is 575 g/mol. The SMILES string of the molecule is CC(CN[C@@H](Cc1ccc(OC(=O)OC(C)(C)C)c(OC(=O)OC(C)(C)C)c1)C(=O)O)OC(=O)Oc1ccccc1. The first-order valence-electron chi connectivity index (χ1n) is 12.8. The Hall–Kier alpha value is -4.32. The number of hydrogen-bond donors (Lipinski definition) is 2. The van der Waals surface area contributed by atoms with Crippen molar-refractivity contribution in [3.8, 4) is 17.2 Å². The quantitative estimate of drug-likeness (QED) is 0.208. The molecule has 0 saturated heterocycles. The zero-order valence-corrected chi connectivity index (χ0v) is 24.2. The van der Waals surface area contributed by atoms with Crippen LogP contribution in [0.25, 0.3) is 0 Å². The van der Waals surface area contributed by atoms with Gasteiger partial charge >= 0.3 is 24.4 Å². The van der Waals surface area contributed by atoms with E-state index in [0.29, 0.717) is 11.3 Å². The summed E-state index contributed by atoms with van der Waals surface area (Å²) in [6.45, 7) is 11.5. The summed E-state index contributed by atoms with van der Waals surface area (Å²) in [6.07, 6.45) is -3.78. The highest BCUT2D eigenvalue weighted by Crippen LogP contribution is 2.31. The predicted molar refractivity (Wildman–Crippen MR) is 146 cm³/mol. The minimum absolute atomic E-state index is 0.00195. The maximum atomic E-state index is 12.3. The fraction of sp³-hybridized carbons (Fsp3) is 0.448. The number of benzene rings is 2. The molecule has 0 spiro atoms. The lowest BCUT2D eigenvalue weighted by atomic mass is 10.0. The number of rotatable bonds is 10. The molecular weight excluding hydrogens is 538 g/mol. The number of carboxylic acids is 1. The van der Waals surface area contributed by atoms with Gasteiger partial charge in [-0.05, 0) is 84.7 Å². The fourth-order valence-electron chi connectivity index (χ4n) is 3.17. The van der Waals surface area contributed by atoms with Crippen molar-refractivity contribution in [3.05, 3.63) is 54.1 Å². The molecule has 0 saturated carbocycles. The van der Waals surface area contributed by atoms with Crippen molar-refractivity contribution >= 4 is 24.4 Å². The van der Waals surface area contributed by atoms with Crippen LogP contribution in [0, 0.1) is 0 Å². The summed E-state index contributed by atoms with van der Waals surface area (Å²) in [5.41, 5.74) is -1.26. The molecule has 0 amide bonds. The molecule has 12 nitrogen and oxygen atoms in total. The maximum Gasteiger partial charge on any atom is 0.514 e. The van der Waals surface area contributed by atoms with Gasteiger partial charge in [-0.1, -0.05) is 24.3 Å². The van der Waals surface area contributed by atoms with Gasteiger partial charge in [0.25, 0.3) is 0 Å². The zero-order valence-electron chi connectivity index (χ0n) is 24.2. The molecule has 0 bridgehead atoms. The first-order chi connectivity index (χ1) is 19.0. The van der Waals surface area contributed by atoms with Gasteiger partial charge in [0.2, 0.25) is 0 Å². The smallest absolute Gasteiger partial charge is 0.480 e. The number of carboxylic acid groups (broad SMARTS) is 1. The molecule has 12 heteroatoms. The van der Waals surface area contributed by atoms with Crippen LogP contribution >= 0.6 is 0 Å². The molecule has 0 heterocycles. The van der Waals surface area contributed by atoms with E-state index >= 15 is 0 Å². The van der Waals surface area contributed by atoms with Crippen molar-refractivity contribution in [1.82, 2.24) is 5.32 Å². The second-order valence-electron chi connectivity index (χ2n) is 11.0. The Balaban J connectivity index is 2.11. The molecule has 0 aliphatic rings. The molecule has 0 aromatic heterocycles. The molecule has 0 aliphatic heterocycles. The summed E-state index contributed by atoms with van der Waals surface area (Å²) < 4.78 is 31.1. The predicted octanol–water partition coefficient (Wildman–Crippen LogP) is 5.50. The Morgan fingerprint density at radius 2 is 1.34 bits per heavy atom. The number of nitrogens with one attached hydrogen (secondary N) is 1. The fourth-order valence-corrected chi connectivity index (χ4v) is 3.17. The van der Waals surface area contributed by atoms with Crippen molar-refractivity contribution in [1.29, 1.82) is 0 Å². The molecule has 2 atom stereocenters. The number of carbonyl (C=O) groups is 4. The van der Waals surface area contributed by atoms with Crippen LogP contribution in [0.1, 0.15) is 54.0 Å². The van der Waals surface area contributed by atoms with E-state index in [9.17, 15) is 24.3 Å². The van der Waals surface area contributed by atoms with E-state index in [-0.39, 0.29) is 24.5 Å². The van der Waals surface area contributed by atoms with E-state index < -0.39 is 47.8 Å². The average Bonchev–Trinajstić information content (AvgIpc) is 2.81. The standard InChI is InChI=1S/C29H37NO11/c1-18(36-25(33)37-20-11-9-8-10-12-20)17-30-21(24(31)32)15-19-13-14-22(38-26(34)40-28(2,3)4)23(16-19)39-27(35)41-29(5,6)7/h8-14,16,18,21,30H,15,17H2,1-7H3,(H,31,32)/t18?,21-/m0/s1. The van der Waals surface area contributed by atoms with E-state index in [0.717, 1.165) is 0 Å². The van der Waals surface area contributed by atoms with Gasteiger partial charge in [0, 0.05) is 6.54 Å². The van der Waals surface area contributed by atoms with Gasteiger partial charge in [-0.2, -0.15) is 0 Å². The Bertz CT molecular complexity index is 1200. The summed E-state index contributed by atoms with van der Waals surface area (Å²) in [5.74, 6) is -1.17. The largest absolute Gasteiger partial charge is 0.514 e. The van der Waals surface area contributed by atoms with Crippen LogP contribution in [-0.2, 0) is 25.4 Å². The summed E-state index contributed by atoms with van der Waals surface area (Å²) in [5, 5.41) is 12.6. The lowest BCUT2D eigenvalue weighted by molar-refractivity contribution is -0.139. The molecule has 0 aliphatic carbocycles. The van der Waals surface area contributed by atoms with Crippen molar-refractivity contribution in [2.45, 2.75) is 78.2 Å². The van der Waals surface area contributed by atoms with E-state index in [4.69, 9.17) is 28.4 Å². The second kappa shape index (κ2) is 14.4. The van der Waals surface area contributed by atoms with Crippen LogP contribution in [0.15, 0.2) is 48.5 Å². The maximum absolute atomic E-state index is 12.3. The van der Waals surface area contributed by atoms with Crippen LogP contribution in [0.3, 0.4) is 0 Å². The lowest BCUT2D eigenvalue weighted by Gasteiger charge is -2.21. The molecule has 2 aromatic rings. The Morgan fingerprint density at radius 1 is 0.780 bits per heavy atom. The molecule has 0 fully saturated rings. The normalized spacial score (nSPS) is 12.9. The van der Waals surface area contributed by atoms with Crippen molar-refractivity contribution < 1.29 is 52.7 Å². The van der Waals surface area contributed by atoms with Crippen LogP contribution in [0.2, 0.25) is 0 Å². The van der Waals surface area contributed by atoms with Gasteiger partial charge in [-0.3, -0.25) is 4.79 Å². The van der Waals surface area contributed by atoms with Crippen LogP contribution < -0.4 is 19.5 Å². The first kappa shape index (κ1) is 32.9. The number of para-hydroxylation sites is 1. The van der Waals surface area contributed by atoms with Crippen LogP contribution in [-0.4, -0.2) is 59.4 Å². The highest BCUT2D eigenvalue weighted by Gasteiger charge is 2.25. The van der Waals surface area contributed by atoms with Crippen molar-refractivity contribution in [3.63, 3.8) is 0 Å². The molecule has 224 valence electrons. The second-order valence-corrected chi connectivity index (χ2v) is 11.0. The summed E-state index contributed by atoms with van der Waals surface area (Å²) in [6, 6.07) is 11.5. The molecule has 0 radical (unpaired) electrons. The minimum Gasteiger partial charge on any atom is -0.480 e. The number of carbonyl (C=O) groups excluding carboxylic acids is 3. The summed E-state index contributed by atoms with van der Waals surface area (Å²) in [7, 11) is 0. The van der Waals surface area contributed by atoms with E-state index in [1.165, 1.54) is 18.2 Å². The number of ether oxygens (including phenoxy) is 6. The summed E-state index contributed by atoms with van der Waals surface area (Å²) in [4.78, 5) is 48.5. The topological polar surface area (TPSA) is 156 Å². The first-order valence-corrected chi connectivity index (χ1v) is 12.8. The Labute approximate surface area is 238 Å². The lowest BCUT2D eigenvalue weighted by Crippen LogP contribution is -2.42. The molecule has 41 heavy (non-hydrogen) atoms. The third-order valence-electron chi connectivity index (χ3n) is 4.81. The minimum atomic E-state index is -1.17. The van der Waals surface area contributed by atoms with Crippen molar-refractivity contribution in [2.24, 2.45) is 0 Å². The van der Waals surface area contributed by atoms with Gasteiger partial charge in [-0.15, -0.1) is 0 Å². The van der Waals surface area contributed by atoms with Gasteiger partial charge in [0.15, 0.2) is 11.5 Å². The van der Waals surface area contributed by atoms with E-state index in [1.807, 2.05) is 0 Å². The Morgan fingerprint density at radius 3 is 1.88 bits per heavy atom. The van der Waals surface area contributed by atoms with Crippen molar-refractivity contribution in [2.75, 3.05) is 6.54 Å². The van der Waals surface area contributed by atoms with Crippen LogP contribution in [0.5, 0.6) is 17.2 Å². The molecule has 2 rings (SSSR count). The highest BCUT2D eigenvalue weighted by molar-refractivity contribution is 5.74. The number of aliphatic carboxylic acids is 1. The third kappa shape index (κ3) is 13.1. The molecule has 2 N–H and O–H groups in total. The third-order valence-corrected chi connectivity index (χ3v) is 4.81. The Kier molecular flexibility index (Phi) is 11.5. The molecular formula is C29H37NO11.